The molecule has 1 aromatic carbocycles. The number of pyridine rings is 2. The average molecular weight is 437 g/mol. The molecular formula is C21H20N5O4P. The molecule has 0 amide bonds. The van der Waals surface area contributed by atoms with Crippen LogP contribution in [0.15, 0.2) is 54.9 Å². The Labute approximate surface area is 177 Å². The SMILES string of the molecule is O=P(O)(O)c1ccc(-c2cc(N3CCOCC3)nc3c(-c4ccn[nH]4)nccc23)cc1. The van der Waals surface area contributed by atoms with E-state index in [4.69, 9.17) is 9.72 Å². The number of benzene rings is 1. The van der Waals surface area contributed by atoms with Crippen LogP contribution in [0.25, 0.3) is 33.4 Å². The minimum Gasteiger partial charge on any atom is -0.378 e. The second-order valence-electron chi connectivity index (χ2n) is 7.24. The van der Waals surface area contributed by atoms with E-state index in [1.807, 2.05) is 18.2 Å². The minimum atomic E-state index is -4.31. The van der Waals surface area contributed by atoms with Gasteiger partial charge in [0.2, 0.25) is 0 Å². The predicted octanol–water partition coefficient (Wildman–Crippen LogP) is 2.33. The van der Waals surface area contributed by atoms with Crippen molar-refractivity contribution in [2.24, 2.45) is 0 Å². The lowest BCUT2D eigenvalue weighted by Crippen LogP contribution is -2.36. The normalized spacial score (nSPS) is 14.8. The monoisotopic (exact) mass is 437 g/mol. The molecule has 1 aliphatic heterocycles. The van der Waals surface area contributed by atoms with Crippen molar-refractivity contribution in [3.8, 4) is 22.5 Å². The van der Waals surface area contributed by atoms with Gasteiger partial charge in [0.25, 0.3) is 0 Å². The smallest absolute Gasteiger partial charge is 0.356 e. The van der Waals surface area contributed by atoms with Gasteiger partial charge in [0.1, 0.15) is 17.0 Å². The first-order chi connectivity index (χ1) is 15.0. The highest BCUT2D eigenvalue weighted by Gasteiger charge is 2.20. The largest absolute Gasteiger partial charge is 0.378 e. The zero-order valence-electron chi connectivity index (χ0n) is 16.5. The van der Waals surface area contributed by atoms with Crippen molar-refractivity contribution in [1.29, 1.82) is 0 Å². The standard InChI is InChI=1S/C21H20N5O4P/c27-31(28,29)15-3-1-14(2-4-15)17-13-19(26-9-11-30-12-10-26)24-20-16(17)5-7-22-21(20)18-6-8-23-25-18/h1-8,13H,9-12H2,(H,23,25)(H2,27,28,29). The van der Waals surface area contributed by atoms with Crippen LogP contribution in [-0.2, 0) is 9.30 Å². The Bertz CT molecular complexity index is 1270. The van der Waals surface area contributed by atoms with Gasteiger partial charge in [-0.15, -0.1) is 0 Å². The molecule has 1 saturated heterocycles. The van der Waals surface area contributed by atoms with E-state index in [9.17, 15) is 14.4 Å². The number of rotatable bonds is 4. The van der Waals surface area contributed by atoms with E-state index in [0.717, 1.165) is 46.6 Å². The van der Waals surface area contributed by atoms with Crippen LogP contribution in [0.5, 0.6) is 0 Å². The molecule has 1 fully saturated rings. The van der Waals surface area contributed by atoms with Gasteiger partial charge >= 0.3 is 7.60 Å². The number of aromatic amines is 1. The summed E-state index contributed by atoms with van der Waals surface area (Å²) in [5.74, 6) is 0.804. The summed E-state index contributed by atoms with van der Waals surface area (Å²) in [6.07, 6.45) is 3.39. The molecule has 0 atom stereocenters. The molecule has 0 unspecified atom stereocenters. The van der Waals surface area contributed by atoms with Gasteiger partial charge in [-0.05, 0) is 41.5 Å². The van der Waals surface area contributed by atoms with E-state index in [1.54, 1.807) is 24.5 Å². The third-order valence-corrected chi connectivity index (χ3v) is 6.29. The number of anilines is 1. The molecule has 0 spiro atoms. The molecule has 0 radical (unpaired) electrons. The number of fused-ring (bicyclic) bond motifs is 1. The summed E-state index contributed by atoms with van der Waals surface area (Å²) in [7, 11) is -4.31. The van der Waals surface area contributed by atoms with Crippen molar-refractivity contribution in [1.82, 2.24) is 20.2 Å². The number of nitrogens with zero attached hydrogens (tertiary/aromatic N) is 4. The molecule has 3 aromatic heterocycles. The lowest BCUT2D eigenvalue weighted by atomic mass is 10.00. The van der Waals surface area contributed by atoms with Gasteiger partial charge in [-0.2, -0.15) is 5.10 Å². The first-order valence-corrected chi connectivity index (χ1v) is 11.4. The van der Waals surface area contributed by atoms with E-state index in [0.29, 0.717) is 18.9 Å². The van der Waals surface area contributed by atoms with Crippen LogP contribution in [-0.4, -0.2) is 56.3 Å². The second-order valence-corrected chi connectivity index (χ2v) is 8.85. The molecule has 0 bridgehead atoms. The zero-order valence-corrected chi connectivity index (χ0v) is 17.4. The topological polar surface area (TPSA) is 124 Å². The summed E-state index contributed by atoms with van der Waals surface area (Å²) in [4.78, 5) is 30.5. The summed E-state index contributed by atoms with van der Waals surface area (Å²) in [6, 6.07) is 12.1. The number of hydrogen-bond donors (Lipinski definition) is 3. The van der Waals surface area contributed by atoms with Gasteiger partial charge in [-0.25, -0.2) is 4.98 Å². The summed E-state index contributed by atoms with van der Waals surface area (Å²) in [6.45, 7) is 2.72. The lowest BCUT2D eigenvalue weighted by molar-refractivity contribution is 0.122. The van der Waals surface area contributed by atoms with Crippen LogP contribution < -0.4 is 10.2 Å². The highest BCUT2D eigenvalue weighted by atomic mass is 31.2. The molecule has 158 valence electrons. The first kappa shape index (κ1) is 19.8. The Balaban J connectivity index is 1.72. The number of morpholine rings is 1. The fraction of sp³-hybridized carbons (Fsp3) is 0.190. The molecule has 31 heavy (non-hydrogen) atoms. The number of ether oxygens (including phenoxy) is 1. The summed E-state index contributed by atoms with van der Waals surface area (Å²) in [5, 5.41) is 7.87. The maximum Gasteiger partial charge on any atom is 0.356 e. The van der Waals surface area contributed by atoms with E-state index in [-0.39, 0.29) is 5.30 Å². The number of nitrogens with one attached hydrogen (secondary N) is 1. The van der Waals surface area contributed by atoms with Gasteiger partial charge in [-0.3, -0.25) is 14.6 Å². The van der Waals surface area contributed by atoms with E-state index in [2.05, 4.69) is 20.1 Å². The fourth-order valence-electron chi connectivity index (χ4n) is 3.75. The number of aromatic nitrogens is 4. The number of H-pyrrole nitrogens is 1. The maximum atomic E-state index is 11.6. The van der Waals surface area contributed by atoms with Gasteiger partial charge in [-0.1, -0.05) is 12.1 Å². The molecular weight excluding hydrogens is 417 g/mol. The van der Waals surface area contributed by atoms with Crippen molar-refractivity contribution in [3.05, 3.63) is 54.9 Å². The Hall–Kier alpha value is -3.10. The molecule has 0 aliphatic carbocycles. The number of hydrogen-bond acceptors (Lipinski definition) is 6. The maximum absolute atomic E-state index is 11.6. The summed E-state index contributed by atoms with van der Waals surface area (Å²) < 4.78 is 17.1. The molecule has 9 nitrogen and oxygen atoms in total. The van der Waals surface area contributed by atoms with Crippen molar-refractivity contribution < 1.29 is 19.1 Å². The minimum absolute atomic E-state index is 0.0113. The Kier molecular flexibility index (Phi) is 5.03. The molecule has 4 aromatic rings. The lowest BCUT2D eigenvalue weighted by Gasteiger charge is -2.28. The third kappa shape index (κ3) is 3.84. The van der Waals surface area contributed by atoms with Gasteiger partial charge in [0.05, 0.1) is 24.2 Å². The average Bonchev–Trinajstić information content (AvgIpc) is 3.33. The van der Waals surface area contributed by atoms with Crippen molar-refractivity contribution in [3.63, 3.8) is 0 Å². The molecule has 5 rings (SSSR count). The Morgan fingerprint density at radius 3 is 2.48 bits per heavy atom. The van der Waals surface area contributed by atoms with Crippen LogP contribution in [0.4, 0.5) is 5.82 Å². The van der Waals surface area contributed by atoms with Crippen molar-refractivity contribution >= 4 is 29.6 Å². The quantitative estimate of drug-likeness (QED) is 0.416. The molecule has 3 N–H and O–H groups in total. The first-order valence-electron chi connectivity index (χ1n) is 9.79. The third-order valence-electron chi connectivity index (χ3n) is 5.32. The van der Waals surface area contributed by atoms with Crippen molar-refractivity contribution in [2.75, 3.05) is 31.2 Å². The van der Waals surface area contributed by atoms with E-state index in [1.165, 1.54) is 12.1 Å². The predicted molar refractivity (Wildman–Crippen MR) is 117 cm³/mol. The van der Waals surface area contributed by atoms with Gasteiger partial charge in [0, 0.05) is 30.9 Å². The summed E-state index contributed by atoms with van der Waals surface area (Å²) in [5.41, 5.74) is 3.93. The molecule has 10 heteroatoms. The second kappa shape index (κ2) is 7.86. The molecule has 0 saturated carbocycles. The summed E-state index contributed by atoms with van der Waals surface area (Å²) >= 11 is 0. The Morgan fingerprint density at radius 1 is 1.03 bits per heavy atom. The van der Waals surface area contributed by atoms with E-state index >= 15 is 0 Å². The highest BCUT2D eigenvalue weighted by Crippen LogP contribution is 2.37. The highest BCUT2D eigenvalue weighted by molar-refractivity contribution is 7.60. The van der Waals surface area contributed by atoms with Crippen LogP contribution in [0, 0.1) is 0 Å². The molecule has 4 heterocycles. The van der Waals surface area contributed by atoms with Crippen molar-refractivity contribution in [2.45, 2.75) is 0 Å². The van der Waals surface area contributed by atoms with Gasteiger partial charge in [0.15, 0.2) is 0 Å². The fourth-order valence-corrected chi connectivity index (χ4v) is 4.29. The van der Waals surface area contributed by atoms with Crippen LogP contribution in [0.2, 0.25) is 0 Å². The Morgan fingerprint density at radius 2 is 1.81 bits per heavy atom. The van der Waals surface area contributed by atoms with Crippen LogP contribution >= 0.6 is 7.60 Å². The van der Waals surface area contributed by atoms with E-state index < -0.39 is 7.60 Å². The van der Waals surface area contributed by atoms with Crippen LogP contribution in [0.3, 0.4) is 0 Å². The van der Waals surface area contributed by atoms with Gasteiger partial charge < -0.3 is 19.4 Å². The van der Waals surface area contributed by atoms with Crippen LogP contribution in [0.1, 0.15) is 0 Å². The molecule has 1 aliphatic rings. The zero-order chi connectivity index (χ0) is 21.4.